The first kappa shape index (κ1) is 9.69. The number of hydrogen-bond donors (Lipinski definition) is 2. The molecule has 0 bridgehead atoms. The highest BCUT2D eigenvalue weighted by atomic mass is 16.1. The van der Waals surface area contributed by atoms with Crippen molar-refractivity contribution in [3.05, 3.63) is 34.8 Å². The zero-order valence-electron chi connectivity index (χ0n) is 8.86. The van der Waals surface area contributed by atoms with Crippen LogP contribution in [0.25, 0.3) is 5.57 Å². The van der Waals surface area contributed by atoms with E-state index < -0.39 is 5.79 Å². The third-order valence-electron chi connectivity index (χ3n) is 3.11. The lowest BCUT2D eigenvalue weighted by Gasteiger charge is -2.34. The summed E-state index contributed by atoms with van der Waals surface area (Å²) in [6.07, 6.45) is 1.96. The molecule has 4 heteroatoms. The van der Waals surface area contributed by atoms with E-state index in [1.165, 1.54) is 0 Å². The van der Waals surface area contributed by atoms with Crippen molar-refractivity contribution in [3.8, 4) is 0 Å². The molecular weight excluding hydrogens is 202 g/mol. The molecule has 1 fully saturated rings. The number of nitrogens with zero attached hydrogens (tertiary/aromatic N) is 1. The highest BCUT2D eigenvalue weighted by molar-refractivity contribution is 6.03. The molecule has 3 rings (SSSR count). The first-order valence-corrected chi connectivity index (χ1v) is 5.51. The molecule has 1 aromatic rings. The van der Waals surface area contributed by atoms with Gasteiger partial charge in [0.25, 0.3) is 0 Å². The molecule has 2 aliphatic heterocycles. The van der Waals surface area contributed by atoms with E-state index in [9.17, 15) is 4.79 Å². The van der Waals surface area contributed by atoms with Crippen LogP contribution in [0.5, 0.6) is 0 Å². The molecule has 1 saturated heterocycles. The molecule has 2 heterocycles. The standard InChI is InChI=1S/C12H13N3O/c16-8-10-9-4-1-2-5-11(9)15-12(10)13-6-3-7-14-12/h1-2,4-5,8,13-14H,3,6-7H2. The largest absolute Gasteiger partial charge is 0.298 e. The summed E-state index contributed by atoms with van der Waals surface area (Å²) >= 11 is 0. The van der Waals surface area contributed by atoms with Gasteiger partial charge in [-0.15, -0.1) is 0 Å². The topological polar surface area (TPSA) is 53.5 Å². The summed E-state index contributed by atoms with van der Waals surface area (Å²) in [6, 6.07) is 7.74. The van der Waals surface area contributed by atoms with Gasteiger partial charge in [0.15, 0.2) is 12.1 Å². The average Bonchev–Trinajstić information content (AvgIpc) is 2.62. The van der Waals surface area contributed by atoms with Crippen LogP contribution in [0.3, 0.4) is 0 Å². The predicted molar refractivity (Wildman–Crippen MR) is 60.0 cm³/mol. The molecule has 2 N–H and O–H groups in total. The Morgan fingerprint density at radius 3 is 2.75 bits per heavy atom. The van der Waals surface area contributed by atoms with Crippen molar-refractivity contribution in [2.75, 3.05) is 13.1 Å². The molecule has 0 saturated carbocycles. The zero-order valence-corrected chi connectivity index (χ0v) is 8.86. The summed E-state index contributed by atoms with van der Waals surface area (Å²) in [5.41, 5.74) is 0.697. The fourth-order valence-corrected chi connectivity index (χ4v) is 2.34. The maximum absolute atomic E-state index is 11.3. The van der Waals surface area contributed by atoms with Gasteiger partial charge in [0.05, 0.1) is 10.9 Å². The van der Waals surface area contributed by atoms with E-state index in [2.05, 4.69) is 15.6 Å². The van der Waals surface area contributed by atoms with Gasteiger partial charge in [-0.25, -0.2) is 4.99 Å². The number of fused-ring (bicyclic) bond motifs is 1. The summed E-state index contributed by atoms with van der Waals surface area (Å²) in [6.45, 7) is 1.75. The number of benzene rings is 1. The molecule has 0 atom stereocenters. The fraction of sp³-hybridized carbons (Fsp3) is 0.333. The van der Waals surface area contributed by atoms with Gasteiger partial charge in [-0.2, -0.15) is 0 Å². The molecule has 0 aliphatic carbocycles. The summed E-state index contributed by atoms with van der Waals surface area (Å²) < 4.78 is 0. The maximum Gasteiger partial charge on any atom is 0.195 e. The monoisotopic (exact) mass is 215 g/mol. The van der Waals surface area contributed by atoms with E-state index in [-0.39, 0.29) is 0 Å². The van der Waals surface area contributed by atoms with Crippen molar-refractivity contribution >= 4 is 11.9 Å². The Labute approximate surface area is 93.1 Å². The highest BCUT2D eigenvalue weighted by Gasteiger charge is 2.38. The summed E-state index contributed by atoms with van der Waals surface area (Å²) in [5, 5.41) is 8.40. The quantitative estimate of drug-likeness (QED) is 0.585. The molecule has 1 spiro atoms. The Morgan fingerprint density at radius 1 is 1.25 bits per heavy atom. The maximum atomic E-state index is 11.3. The average molecular weight is 215 g/mol. The zero-order chi connectivity index (χ0) is 11.0. The molecule has 82 valence electrons. The van der Waals surface area contributed by atoms with Crippen molar-refractivity contribution in [1.29, 1.82) is 0 Å². The van der Waals surface area contributed by atoms with Crippen LogP contribution in [0, 0.1) is 0 Å². The van der Waals surface area contributed by atoms with E-state index in [1.807, 2.05) is 24.3 Å². The molecule has 0 amide bonds. The fourth-order valence-electron chi connectivity index (χ4n) is 2.34. The minimum atomic E-state index is -0.677. The molecule has 16 heavy (non-hydrogen) atoms. The van der Waals surface area contributed by atoms with Gasteiger partial charge < -0.3 is 0 Å². The normalized spacial score (nSPS) is 21.6. The van der Waals surface area contributed by atoms with E-state index >= 15 is 0 Å². The van der Waals surface area contributed by atoms with Gasteiger partial charge in [0.1, 0.15) is 0 Å². The minimum Gasteiger partial charge on any atom is -0.298 e. The third kappa shape index (κ3) is 1.24. The van der Waals surface area contributed by atoms with Crippen LogP contribution >= 0.6 is 0 Å². The smallest absolute Gasteiger partial charge is 0.195 e. The first-order valence-electron chi connectivity index (χ1n) is 5.51. The number of aldehydes is 1. The lowest BCUT2D eigenvalue weighted by atomic mass is 10.1. The van der Waals surface area contributed by atoms with Gasteiger partial charge in [-0.05, 0) is 12.5 Å². The van der Waals surface area contributed by atoms with Crippen LogP contribution in [-0.2, 0) is 4.79 Å². The van der Waals surface area contributed by atoms with Gasteiger partial charge in [0, 0.05) is 18.3 Å². The first-order chi connectivity index (χ1) is 7.86. The Bertz CT molecular complexity index is 544. The van der Waals surface area contributed by atoms with Crippen LogP contribution in [0.2, 0.25) is 0 Å². The van der Waals surface area contributed by atoms with E-state index in [1.54, 1.807) is 0 Å². The molecule has 0 unspecified atom stereocenters. The Balaban J connectivity index is 2.25. The minimum absolute atomic E-state index is 0.677. The SMILES string of the molecule is O=CC1=c2ccccc2=NC12NCCCN2. The third-order valence-corrected chi connectivity index (χ3v) is 3.11. The second-order valence-corrected chi connectivity index (χ2v) is 4.08. The van der Waals surface area contributed by atoms with Gasteiger partial charge >= 0.3 is 0 Å². The van der Waals surface area contributed by atoms with Crippen molar-refractivity contribution in [1.82, 2.24) is 10.6 Å². The van der Waals surface area contributed by atoms with Crippen LogP contribution in [0.4, 0.5) is 0 Å². The molecular formula is C12H13N3O. The van der Waals surface area contributed by atoms with E-state index in [4.69, 9.17) is 0 Å². The number of hydrogen-bond acceptors (Lipinski definition) is 4. The van der Waals surface area contributed by atoms with Gasteiger partial charge in [0.2, 0.25) is 0 Å². The van der Waals surface area contributed by atoms with E-state index in [0.717, 1.165) is 36.4 Å². The van der Waals surface area contributed by atoms with Gasteiger partial charge in [-0.1, -0.05) is 18.2 Å². The van der Waals surface area contributed by atoms with Crippen LogP contribution in [-0.4, -0.2) is 25.2 Å². The van der Waals surface area contributed by atoms with Crippen molar-refractivity contribution in [2.45, 2.75) is 12.2 Å². The lowest BCUT2D eigenvalue weighted by molar-refractivity contribution is -0.104. The molecule has 1 aromatic carbocycles. The lowest BCUT2D eigenvalue weighted by Crippen LogP contribution is -2.60. The summed E-state index contributed by atoms with van der Waals surface area (Å²) in [5.74, 6) is -0.677. The Morgan fingerprint density at radius 2 is 2.00 bits per heavy atom. The molecule has 4 nitrogen and oxygen atoms in total. The second-order valence-electron chi connectivity index (χ2n) is 4.08. The van der Waals surface area contributed by atoms with Crippen LogP contribution in [0.15, 0.2) is 29.3 Å². The van der Waals surface area contributed by atoms with Crippen molar-refractivity contribution in [2.24, 2.45) is 4.99 Å². The number of carbonyl (C=O) groups excluding carboxylic acids is 1. The van der Waals surface area contributed by atoms with Gasteiger partial charge in [-0.3, -0.25) is 15.4 Å². The van der Waals surface area contributed by atoms with Crippen LogP contribution < -0.4 is 21.2 Å². The van der Waals surface area contributed by atoms with Crippen molar-refractivity contribution < 1.29 is 4.79 Å². The number of nitrogens with one attached hydrogen (secondary N) is 2. The number of para-hydroxylation sites is 1. The van der Waals surface area contributed by atoms with Crippen LogP contribution in [0.1, 0.15) is 6.42 Å². The van der Waals surface area contributed by atoms with E-state index in [0.29, 0.717) is 5.57 Å². The molecule has 0 aromatic heterocycles. The molecule has 2 aliphatic rings. The Kier molecular flexibility index (Phi) is 2.12. The predicted octanol–water partition coefficient (Wildman–Crippen LogP) is -1.09. The number of rotatable bonds is 1. The second kappa shape index (κ2) is 3.50. The summed E-state index contributed by atoms with van der Waals surface area (Å²) in [4.78, 5) is 15.9. The van der Waals surface area contributed by atoms with Crippen molar-refractivity contribution in [3.63, 3.8) is 0 Å². The number of carbonyl (C=O) groups is 1. The Hall–Kier alpha value is -1.52. The summed E-state index contributed by atoms with van der Waals surface area (Å²) in [7, 11) is 0. The molecule has 0 radical (unpaired) electrons. The highest BCUT2D eigenvalue weighted by Crippen LogP contribution is 2.18.